The third kappa shape index (κ3) is 3.14. The maximum atomic E-state index is 10.9. The van der Waals surface area contributed by atoms with Crippen LogP contribution in [0.1, 0.15) is 13.3 Å². The van der Waals surface area contributed by atoms with E-state index in [9.17, 15) is 9.90 Å². The first kappa shape index (κ1) is 14.5. The highest BCUT2D eigenvalue weighted by Gasteiger charge is 2.06. The van der Waals surface area contributed by atoms with Crippen LogP contribution in [0.5, 0.6) is 5.75 Å². The number of aliphatic carboxylic acids is 1. The minimum atomic E-state index is -0.858. The number of hydrogen-bond acceptors (Lipinski definition) is 3. The number of thioether (sulfide) groups is 1. The van der Waals surface area contributed by atoms with Gasteiger partial charge in [-0.3, -0.25) is 0 Å². The number of phenols is 1. The largest absolute Gasteiger partial charge is 0.507 e. The van der Waals surface area contributed by atoms with Gasteiger partial charge in [0.15, 0.2) is 0 Å². The molecular formula is C16H16O3S. The Kier molecular flexibility index (Phi) is 4.69. The van der Waals surface area contributed by atoms with Gasteiger partial charge in [-0.2, -0.15) is 0 Å². The second-order valence-electron chi connectivity index (χ2n) is 4.33. The summed E-state index contributed by atoms with van der Waals surface area (Å²) in [5.41, 5.74) is 0.431. The molecule has 104 valence electrons. The standard InChI is InChI=1S/C16H16O3S/c1-2-11(16(18)19)9-10-20-15-8-7-14(17)12-5-3-4-6-13(12)15/h3-9,17H,2,10H2,1H3,(H,18,19)/b11-9-. The van der Waals surface area contributed by atoms with Crippen molar-refractivity contribution >= 4 is 28.5 Å². The Morgan fingerprint density at radius 2 is 1.90 bits per heavy atom. The summed E-state index contributed by atoms with van der Waals surface area (Å²) >= 11 is 1.57. The Hall–Kier alpha value is -1.94. The fraction of sp³-hybridized carbons (Fsp3) is 0.188. The van der Waals surface area contributed by atoms with Crippen molar-refractivity contribution in [2.24, 2.45) is 0 Å². The van der Waals surface area contributed by atoms with Crippen LogP contribution in [0.2, 0.25) is 0 Å². The first-order chi connectivity index (χ1) is 9.63. The molecule has 0 aliphatic carbocycles. The molecule has 0 unspecified atom stereocenters. The smallest absolute Gasteiger partial charge is 0.331 e. The van der Waals surface area contributed by atoms with Gasteiger partial charge in [0.1, 0.15) is 5.75 Å². The predicted molar refractivity (Wildman–Crippen MR) is 82.3 cm³/mol. The van der Waals surface area contributed by atoms with Crippen molar-refractivity contribution in [2.45, 2.75) is 18.2 Å². The summed E-state index contributed by atoms with van der Waals surface area (Å²) in [7, 11) is 0. The highest BCUT2D eigenvalue weighted by atomic mass is 32.2. The molecule has 0 amide bonds. The normalized spacial score (nSPS) is 11.8. The summed E-state index contributed by atoms with van der Waals surface area (Å²) in [6.45, 7) is 1.83. The molecule has 2 rings (SSSR count). The van der Waals surface area contributed by atoms with E-state index in [0.717, 1.165) is 15.7 Å². The highest BCUT2D eigenvalue weighted by Crippen LogP contribution is 2.33. The lowest BCUT2D eigenvalue weighted by molar-refractivity contribution is -0.132. The lowest BCUT2D eigenvalue weighted by atomic mass is 10.1. The van der Waals surface area contributed by atoms with Gasteiger partial charge in [0, 0.05) is 21.6 Å². The van der Waals surface area contributed by atoms with Gasteiger partial charge in [-0.15, -0.1) is 11.8 Å². The van der Waals surface area contributed by atoms with E-state index in [4.69, 9.17) is 5.11 Å². The molecule has 0 fully saturated rings. The summed E-state index contributed by atoms with van der Waals surface area (Å²) < 4.78 is 0. The molecule has 0 saturated carbocycles. The lowest BCUT2D eigenvalue weighted by Gasteiger charge is -2.07. The molecule has 0 radical (unpaired) electrons. The zero-order chi connectivity index (χ0) is 14.5. The highest BCUT2D eigenvalue weighted by molar-refractivity contribution is 7.99. The van der Waals surface area contributed by atoms with Crippen LogP contribution in [-0.4, -0.2) is 21.9 Å². The van der Waals surface area contributed by atoms with Gasteiger partial charge < -0.3 is 10.2 Å². The zero-order valence-electron chi connectivity index (χ0n) is 11.2. The summed E-state index contributed by atoms with van der Waals surface area (Å²) in [6, 6.07) is 11.2. The number of aromatic hydroxyl groups is 1. The molecule has 0 atom stereocenters. The van der Waals surface area contributed by atoms with Crippen molar-refractivity contribution in [1.29, 1.82) is 0 Å². The monoisotopic (exact) mass is 288 g/mol. The molecule has 0 spiro atoms. The second-order valence-corrected chi connectivity index (χ2v) is 5.39. The molecule has 0 bridgehead atoms. The van der Waals surface area contributed by atoms with Crippen molar-refractivity contribution in [3.63, 3.8) is 0 Å². The van der Waals surface area contributed by atoms with Crippen molar-refractivity contribution < 1.29 is 15.0 Å². The Morgan fingerprint density at radius 1 is 1.20 bits per heavy atom. The quantitative estimate of drug-likeness (QED) is 0.643. The number of hydrogen-bond donors (Lipinski definition) is 2. The Bertz CT molecular complexity index is 662. The maximum Gasteiger partial charge on any atom is 0.331 e. The van der Waals surface area contributed by atoms with Gasteiger partial charge in [0.2, 0.25) is 0 Å². The number of carboxylic acids is 1. The van der Waals surface area contributed by atoms with Crippen LogP contribution in [0, 0.1) is 0 Å². The first-order valence-corrected chi connectivity index (χ1v) is 7.38. The van der Waals surface area contributed by atoms with E-state index >= 15 is 0 Å². The molecule has 0 saturated heterocycles. The zero-order valence-corrected chi connectivity index (χ0v) is 12.0. The Morgan fingerprint density at radius 3 is 2.55 bits per heavy atom. The minimum Gasteiger partial charge on any atom is -0.507 e. The van der Waals surface area contributed by atoms with Crippen molar-refractivity contribution in [2.75, 3.05) is 5.75 Å². The van der Waals surface area contributed by atoms with Gasteiger partial charge in [-0.25, -0.2) is 4.79 Å². The fourth-order valence-electron chi connectivity index (χ4n) is 2.00. The van der Waals surface area contributed by atoms with E-state index in [2.05, 4.69) is 0 Å². The van der Waals surface area contributed by atoms with Crippen molar-refractivity contribution in [3.8, 4) is 5.75 Å². The third-order valence-electron chi connectivity index (χ3n) is 3.09. The average molecular weight is 288 g/mol. The number of fused-ring (bicyclic) bond motifs is 1. The number of benzene rings is 2. The average Bonchev–Trinajstić information content (AvgIpc) is 2.45. The number of rotatable bonds is 5. The lowest BCUT2D eigenvalue weighted by Crippen LogP contribution is -1.99. The molecule has 20 heavy (non-hydrogen) atoms. The van der Waals surface area contributed by atoms with E-state index in [-0.39, 0.29) is 5.75 Å². The van der Waals surface area contributed by atoms with Crippen LogP contribution in [0.15, 0.2) is 52.9 Å². The van der Waals surface area contributed by atoms with Gasteiger partial charge in [0.05, 0.1) is 0 Å². The van der Waals surface area contributed by atoms with Crippen molar-refractivity contribution in [3.05, 3.63) is 48.0 Å². The SMILES string of the molecule is CC/C(=C/CSc1ccc(O)c2ccccc12)C(=O)O. The molecule has 0 heterocycles. The van der Waals surface area contributed by atoms with E-state index in [1.807, 2.05) is 37.3 Å². The molecular weight excluding hydrogens is 272 g/mol. The van der Waals surface area contributed by atoms with Crippen LogP contribution in [-0.2, 0) is 4.79 Å². The molecule has 2 aromatic rings. The Balaban J connectivity index is 2.23. The molecule has 4 heteroatoms. The van der Waals surface area contributed by atoms with Crippen LogP contribution in [0.3, 0.4) is 0 Å². The fourth-order valence-corrected chi connectivity index (χ4v) is 2.96. The number of carbonyl (C=O) groups is 1. The van der Waals surface area contributed by atoms with Crippen LogP contribution in [0.4, 0.5) is 0 Å². The van der Waals surface area contributed by atoms with E-state index in [1.54, 1.807) is 23.9 Å². The number of carboxylic acid groups (broad SMARTS) is 1. The van der Waals surface area contributed by atoms with Gasteiger partial charge in [-0.05, 0) is 23.9 Å². The van der Waals surface area contributed by atoms with Gasteiger partial charge in [0.25, 0.3) is 0 Å². The predicted octanol–water partition coefficient (Wildman–Crippen LogP) is 4.06. The second kappa shape index (κ2) is 6.48. The summed E-state index contributed by atoms with van der Waals surface area (Å²) in [6.07, 6.45) is 2.26. The Labute approximate surface area is 121 Å². The summed E-state index contributed by atoms with van der Waals surface area (Å²) in [4.78, 5) is 12.0. The van der Waals surface area contributed by atoms with E-state index in [0.29, 0.717) is 17.7 Å². The molecule has 3 nitrogen and oxygen atoms in total. The van der Waals surface area contributed by atoms with Gasteiger partial charge >= 0.3 is 5.97 Å². The minimum absolute atomic E-state index is 0.264. The molecule has 2 aromatic carbocycles. The molecule has 0 aliphatic heterocycles. The van der Waals surface area contributed by atoms with Crippen LogP contribution >= 0.6 is 11.8 Å². The maximum absolute atomic E-state index is 10.9. The number of phenolic OH excluding ortho intramolecular Hbond substituents is 1. The topological polar surface area (TPSA) is 57.5 Å². The van der Waals surface area contributed by atoms with E-state index < -0.39 is 5.97 Å². The first-order valence-electron chi connectivity index (χ1n) is 6.39. The molecule has 0 aliphatic rings. The van der Waals surface area contributed by atoms with Crippen LogP contribution < -0.4 is 0 Å². The van der Waals surface area contributed by atoms with Crippen molar-refractivity contribution in [1.82, 2.24) is 0 Å². The third-order valence-corrected chi connectivity index (χ3v) is 4.09. The van der Waals surface area contributed by atoms with Crippen LogP contribution in [0.25, 0.3) is 10.8 Å². The summed E-state index contributed by atoms with van der Waals surface area (Å²) in [5.74, 6) is 0.00786. The molecule has 2 N–H and O–H groups in total. The van der Waals surface area contributed by atoms with E-state index in [1.165, 1.54) is 0 Å². The van der Waals surface area contributed by atoms with Gasteiger partial charge in [-0.1, -0.05) is 37.3 Å². The molecule has 0 aromatic heterocycles. The summed E-state index contributed by atoms with van der Waals surface area (Å²) in [5, 5.41) is 20.6.